The second-order valence-electron chi connectivity index (χ2n) is 6.29. The van der Waals surface area contributed by atoms with Crippen LogP contribution in [0.3, 0.4) is 0 Å². The summed E-state index contributed by atoms with van der Waals surface area (Å²) < 4.78 is 23.7. The quantitative estimate of drug-likeness (QED) is 0.913. The molecule has 7 heteroatoms. The van der Waals surface area contributed by atoms with Gasteiger partial charge in [-0.15, -0.1) is 0 Å². The van der Waals surface area contributed by atoms with E-state index in [-0.39, 0.29) is 11.8 Å². The molecule has 2 saturated heterocycles. The third-order valence-corrected chi connectivity index (χ3v) is 4.60. The number of hydrogen-bond acceptors (Lipinski definition) is 4. The Labute approximate surface area is 141 Å². The molecule has 2 amide bonds. The maximum atomic E-state index is 13.4. The number of carbonyl (C=O) groups excluding carboxylic acids is 1. The number of morpholine rings is 1. The van der Waals surface area contributed by atoms with Gasteiger partial charge < -0.3 is 19.7 Å². The Bertz CT molecular complexity index is 578. The Morgan fingerprint density at radius 1 is 1.38 bits per heavy atom. The topological polar surface area (TPSA) is 54.0 Å². The summed E-state index contributed by atoms with van der Waals surface area (Å²) in [5.41, 5.74) is 0.537. The van der Waals surface area contributed by atoms with Gasteiger partial charge >= 0.3 is 6.03 Å². The summed E-state index contributed by atoms with van der Waals surface area (Å²) in [6.45, 7) is 6.04. The molecule has 2 aliphatic heterocycles. The maximum absolute atomic E-state index is 13.4. The van der Waals surface area contributed by atoms with Crippen molar-refractivity contribution >= 4 is 11.7 Å². The van der Waals surface area contributed by atoms with Crippen molar-refractivity contribution in [3.63, 3.8) is 0 Å². The van der Waals surface area contributed by atoms with Gasteiger partial charge in [-0.3, -0.25) is 4.90 Å². The average molecular weight is 337 g/mol. The van der Waals surface area contributed by atoms with Gasteiger partial charge in [-0.05, 0) is 24.5 Å². The van der Waals surface area contributed by atoms with E-state index in [0.29, 0.717) is 11.6 Å². The van der Waals surface area contributed by atoms with Crippen LogP contribution in [0.4, 0.5) is 14.9 Å². The number of hydrogen-bond donors (Lipinski definition) is 1. The van der Waals surface area contributed by atoms with E-state index in [1.165, 1.54) is 25.3 Å². The number of nitrogens with zero attached hydrogens (tertiary/aromatic N) is 2. The second-order valence-corrected chi connectivity index (χ2v) is 6.29. The lowest BCUT2D eigenvalue weighted by atomic mass is 10.1. The molecule has 0 unspecified atom stereocenters. The van der Waals surface area contributed by atoms with E-state index >= 15 is 0 Å². The number of nitrogens with one attached hydrogen (secondary N) is 1. The predicted octanol–water partition coefficient (Wildman–Crippen LogP) is 2.02. The summed E-state index contributed by atoms with van der Waals surface area (Å²) in [6, 6.07) is 4.18. The fourth-order valence-corrected chi connectivity index (χ4v) is 3.26. The van der Waals surface area contributed by atoms with Crippen molar-refractivity contribution in [3.05, 3.63) is 24.0 Å². The van der Waals surface area contributed by atoms with Crippen LogP contribution in [-0.2, 0) is 4.74 Å². The van der Waals surface area contributed by atoms with Crippen LogP contribution in [0.2, 0.25) is 0 Å². The average Bonchev–Trinajstić information content (AvgIpc) is 3.06. The Hall–Kier alpha value is -1.86. The number of carbonyl (C=O) groups is 1. The van der Waals surface area contributed by atoms with Crippen molar-refractivity contribution in [2.24, 2.45) is 5.92 Å². The number of likely N-dealkylation sites (tertiary alicyclic amines) is 1. The van der Waals surface area contributed by atoms with Crippen molar-refractivity contribution in [1.29, 1.82) is 0 Å². The molecule has 24 heavy (non-hydrogen) atoms. The van der Waals surface area contributed by atoms with Gasteiger partial charge in [-0.1, -0.05) is 0 Å². The molecular formula is C17H24FN3O3. The minimum atomic E-state index is -0.442. The minimum absolute atomic E-state index is 0.124. The fourth-order valence-electron chi connectivity index (χ4n) is 3.26. The van der Waals surface area contributed by atoms with Crippen molar-refractivity contribution in [1.82, 2.24) is 9.80 Å². The lowest BCUT2D eigenvalue weighted by molar-refractivity contribution is 0.0314. The smallest absolute Gasteiger partial charge is 0.321 e. The first-order chi connectivity index (χ1) is 11.7. The number of halogens is 1. The van der Waals surface area contributed by atoms with Crippen LogP contribution >= 0.6 is 0 Å². The van der Waals surface area contributed by atoms with Crippen molar-refractivity contribution in [3.8, 4) is 5.75 Å². The first kappa shape index (κ1) is 17.0. The number of methoxy groups -OCH3 is 1. The van der Waals surface area contributed by atoms with Gasteiger partial charge in [0.15, 0.2) is 11.6 Å². The van der Waals surface area contributed by atoms with Crippen LogP contribution < -0.4 is 10.1 Å². The zero-order chi connectivity index (χ0) is 16.9. The summed E-state index contributed by atoms with van der Waals surface area (Å²) in [7, 11) is 1.40. The van der Waals surface area contributed by atoms with E-state index < -0.39 is 5.82 Å². The molecule has 1 aromatic rings. The highest BCUT2D eigenvalue weighted by Gasteiger charge is 2.28. The highest BCUT2D eigenvalue weighted by Crippen LogP contribution is 2.23. The molecule has 0 bridgehead atoms. The molecule has 2 heterocycles. The molecule has 1 aromatic carbocycles. The van der Waals surface area contributed by atoms with Gasteiger partial charge in [0.25, 0.3) is 0 Å². The Balaban J connectivity index is 1.51. The summed E-state index contributed by atoms with van der Waals surface area (Å²) in [5, 5.41) is 2.82. The highest BCUT2D eigenvalue weighted by atomic mass is 19.1. The normalized spacial score (nSPS) is 21.8. The highest BCUT2D eigenvalue weighted by molar-refractivity contribution is 5.89. The number of benzene rings is 1. The molecule has 2 aliphatic rings. The minimum Gasteiger partial charge on any atom is -0.494 e. The lowest BCUT2D eigenvalue weighted by Gasteiger charge is -2.29. The van der Waals surface area contributed by atoms with Gasteiger partial charge in [0, 0.05) is 44.5 Å². The Kier molecular flexibility index (Phi) is 5.52. The number of amides is 2. The monoisotopic (exact) mass is 337 g/mol. The third kappa shape index (κ3) is 4.15. The van der Waals surface area contributed by atoms with Crippen molar-refractivity contribution < 1.29 is 18.7 Å². The molecule has 1 atom stereocenters. The van der Waals surface area contributed by atoms with Crippen molar-refractivity contribution in [2.75, 3.05) is 58.4 Å². The van der Waals surface area contributed by atoms with Crippen LogP contribution in [-0.4, -0.2) is 68.9 Å². The van der Waals surface area contributed by atoms with E-state index in [1.807, 2.05) is 4.90 Å². The molecular weight excluding hydrogens is 313 g/mol. The Morgan fingerprint density at radius 3 is 2.92 bits per heavy atom. The summed E-state index contributed by atoms with van der Waals surface area (Å²) in [5.74, 6) is 0.179. The van der Waals surface area contributed by atoms with Crippen molar-refractivity contribution in [2.45, 2.75) is 6.42 Å². The predicted molar refractivity (Wildman–Crippen MR) is 88.9 cm³/mol. The fraction of sp³-hybridized carbons (Fsp3) is 0.588. The first-order valence-electron chi connectivity index (χ1n) is 8.35. The van der Waals surface area contributed by atoms with Crippen LogP contribution in [0.5, 0.6) is 5.75 Å². The lowest BCUT2D eigenvalue weighted by Crippen LogP contribution is -2.40. The van der Waals surface area contributed by atoms with Crippen LogP contribution in [0, 0.1) is 11.7 Å². The molecule has 132 valence electrons. The maximum Gasteiger partial charge on any atom is 0.321 e. The van der Waals surface area contributed by atoms with E-state index in [2.05, 4.69) is 10.2 Å². The zero-order valence-corrected chi connectivity index (χ0v) is 14.0. The van der Waals surface area contributed by atoms with Gasteiger partial charge in [0.1, 0.15) is 0 Å². The van der Waals surface area contributed by atoms with E-state index in [0.717, 1.165) is 52.4 Å². The largest absolute Gasteiger partial charge is 0.494 e. The molecule has 0 aromatic heterocycles. The molecule has 3 rings (SSSR count). The standard InChI is InChI=1S/C17H24FN3O3/c1-23-16-10-14(2-3-15(16)18)19-17(22)21-5-4-13(12-21)11-20-6-8-24-9-7-20/h2-3,10,13H,4-9,11-12H2,1H3,(H,19,22)/t13-/m1/s1. The first-order valence-corrected chi connectivity index (χ1v) is 8.35. The summed E-state index contributed by atoms with van der Waals surface area (Å²) in [4.78, 5) is 16.6. The van der Waals surface area contributed by atoms with Gasteiger partial charge in [0.05, 0.1) is 20.3 Å². The van der Waals surface area contributed by atoms with E-state index in [1.54, 1.807) is 0 Å². The van der Waals surface area contributed by atoms with E-state index in [4.69, 9.17) is 9.47 Å². The summed E-state index contributed by atoms with van der Waals surface area (Å²) in [6.07, 6.45) is 1.01. The van der Waals surface area contributed by atoms with Gasteiger partial charge in [0.2, 0.25) is 0 Å². The van der Waals surface area contributed by atoms with Crippen LogP contribution in [0.1, 0.15) is 6.42 Å². The number of rotatable bonds is 4. The number of anilines is 1. The number of urea groups is 1. The molecule has 0 radical (unpaired) electrons. The third-order valence-electron chi connectivity index (χ3n) is 4.60. The molecule has 0 aliphatic carbocycles. The van der Waals surface area contributed by atoms with Crippen LogP contribution in [0.25, 0.3) is 0 Å². The Morgan fingerprint density at radius 2 is 2.17 bits per heavy atom. The second kappa shape index (κ2) is 7.81. The molecule has 0 spiro atoms. The van der Waals surface area contributed by atoms with Gasteiger partial charge in [-0.25, -0.2) is 9.18 Å². The molecule has 1 N–H and O–H groups in total. The molecule has 2 fully saturated rings. The molecule has 6 nitrogen and oxygen atoms in total. The van der Waals surface area contributed by atoms with E-state index in [9.17, 15) is 9.18 Å². The number of ether oxygens (including phenoxy) is 2. The van der Waals surface area contributed by atoms with Crippen LogP contribution in [0.15, 0.2) is 18.2 Å². The summed E-state index contributed by atoms with van der Waals surface area (Å²) >= 11 is 0. The molecule has 0 saturated carbocycles. The SMILES string of the molecule is COc1cc(NC(=O)N2CC[C@H](CN3CCOCC3)C2)ccc1F. The zero-order valence-electron chi connectivity index (χ0n) is 14.0. The van der Waals surface area contributed by atoms with Gasteiger partial charge in [-0.2, -0.15) is 0 Å².